The van der Waals surface area contributed by atoms with E-state index in [0.29, 0.717) is 17.4 Å². The maximum absolute atomic E-state index is 12.7. The predicted molar refractivity (Wildman–Crippen MR) is 90.3 cm³/mol. The molecule has 0 unspecified atom stereocenters. The number of nitrogens with one attached hydrogen (secondary N) is 1. The molecule has 1 atom stereocenters. The Morgan fingerprint density at radius 2 is 2.26 bits per heavy atom. The molecule has 3 heterocycles. The van der Waals surface area contributed by atoms with Crippen molar-refractivity contribution >= 4 is 27.0 Å². The summed E-state index contributed by atoms with van der Waals surface area (Å²) in [6.07, 6.45) is -0.356. The Bertz CT molecular complexity index is 775. The molecule has 1 fully saturated rings. The highest BCUT2D eigenvalue weighted by Gasteiger charge is 2.32. The quantitative estimate of drug-likeness (QED) is 0.913. The standard InChI is InChI=1S/C15H19N3O3S2/c1-11-8-12(16-2)9-13(17-11)14-10-18(5-6-21-14)23(19,20)15-4-3-7-22-15/h3-4,7-9,14H,5-6,10H2,1-2H3,(H,16,17)/t14-/m1/s1. The summed E-state index contributed by atoms with van der Waals surface area (Å²) in [4.78, 5) is 4.50. The number of nitrogens with zero attached hydrogens (tertiary/aromatic N) is 2. The Balaban J connectivity index is 1.85. The first-order chi connectivity index (χ1) is 11.0. The van der Waals surface area contributed by atoms with Gasteiger partial charge in [0.2, 0.25) is 0 Å². The fourth-order valence-electron chi connectivity index (χ4n) is 2.56. The van der Waals surface area contributed by atoms with Gasteiger partial charge in [-0.15, -0.1) is 11.3 Å². The summed E-state index contributed by atoms with van der Waals surface area (Å²) in [5, 5.41) is 4.86. The summed E-state index contributed by atoms with van der Waals surface area (Å²) in [6.45, 7) is 2.91. The van der Waals surface area contributed by atoms with Crippen molar-refractivity contribution < 1.29 is 13.2 Å². The van der Waals surface area contributed by atoms with Crippen molar-refractivity contribution in [1.29, 1.82) is 0 Å². The minimum absolute atomic E-state index is 0.278. The van der Waals surface area contributed by atoms with Crippen LogP contribution >= 0.6 is 11.3 Å². The molecule has 0 aliphatic carbocycles. The Hall–Kier alpha value is -1.48. The SMILES string of the molecule is CNc1cc(C)nc([C@H]2CN(S(=O)(=O)c3cccs3)CCO2)c1. The van der Waals surface area contributed by atoms with Gasteiger partial charge < -0.3 is 10.1 Å². The highest BCUT2D eigenvalue weighted by Crippen LogP contribution is 2.28. The fraction of sp³-hybridized carbons (Fsp3) is 0.400. The Morgan fingerprint density at radius 3 is 2.96 bits per heavy atom. The molecule has 0 bridgehead atoms. The molecule has 0 spiro atoms. The van der Waals surface area contributed by atoms with Gasteiger partial charge in [0.1, 0.15) is 10.3 Å². The van der Waals surface area contributed by atoms with Gasteiger partial charge >= 0.3 is 0 Å². The number of thiophene rings is 1. The van der Waals surface area contributed by atoms with Crippen LogP contribution < -0.4 is 5.32 Å². The summed E-state index contributed by atoms with van der Waals surface area (Å²) in [5.74, 6) is 0. The van der Waals surface area contributed by atoms with Crippen LogP contribution in [0.3, 0.4) is 0 Å². The van der Waals surface area contributed by atoms with Crippen LogP contribution in [0.2, 0.25) is 0 Å². The monoisotopic (exact) mass is 353 g/mol. The van der Waals surface area contributed by atoms with Gasteiger partial charge in [0.05, 0.1) is 12.3 Å². The molecular formula is C15H19N3O3S2. The third kappa shape index (κ3) is 3.40. The molecule has 0 radical (unpaired) electrons. The van der Waals surface area contributed by atoms with Crippen molar-refractivity contribution in [1.82, 2.24) is 9.29 Å². The molecule has 0 aromatic carbocycles. The van der Waals surface area contributed by atoms with E-state index >= 15 is 0 Å². The molecule has 124 valence electrons. The number of pyridine rings is 1. The lowest BCUT2D eigenvalue weighted by Gasteiger charge is -2.31. The number of morpholine rings is 1. The predicted octanol–water partition coefficient (Wildman–Crippen LogP) is 2.26. The van der Waals surface area contributed by atoms with Crippen molar-refractivity contribution in [3.63, 3.8) is 0 Å². The average Bonchev–Trinajstić information content (AvgIpc) is 3.09. The second-order valence-corrected chi connectivity index (χ2v) is 8.44. The molecule has 8 heteroatoms. The molecule has 6 nitrogen and oxygen atoms in total. The summed E-state index contributed by atoms with van der Waals surface area (Å²) in [5.41, 5.74) is 2.56. The van der Waals surface area contributed by atoms with Crippen LogP contribution in [0.1, 0.15) is 17.5 Å². The minimum Gasteiger partial charge on any atom is -0.388 e. The largest absolute Gasteiger partial charge is 0.388 e. The van der Waals surface area contributed by atoms with E-state index in [9.17, 15) is 8.42 Å². The molecule has 0 saturated carbocycles. The molecule has 23 heavy (non-hydrogen) atoms. The number of hydrogen-bond acceptors (Lipinski definition) is 6. The van der Waals surface area contributed by atoms with Gasteiger partial charge in [-0.25, -0.2) is 8.42 Å². The Labute approximate surface area is 140 Å². The van der Waals surface area contributed by atoms with Gasteiger partial charge in [-0.2, -0.15) is 4.31 Å². The fourth-order valence-corrected chi connectivity index (χ4v) is 5.13. The second kappa shape index (κ2) is 6.56. The number of sulfonamides is 1. The Morgan fingerprint density at radius 1 is 1.43 bits per heavy atom. The topological polar surface area (TPSA) is 71.5 Å². The molecule has 2 aromatic rings. The molecule has 1 aliphatic heterocycles. The first-order valence-corrected chi connectivity index (χ1v) is 9.64. The lowest BCUT2D eigenvalue weighted by Crippen LogP contribution is -2.42. The highest BCUT2D eigenvalue weighted by atomic mass is 32.2. The van der Waals surface area contributed by atoms with Crippen molar-refractivity contribution in [3.05, 3.63) is 41.0 Å². The van der Waals surface area contributed by atoms with Crippen LogP contribution in [0.4, 0.5) is 5.69 Å². The number of hydrogen-bond donors (Lipinski definition) is 1. The van der Waals surface area contributed by atoms with Crippen molar-refractivity contribution in [2.45, 2.75) is 17.2 Å². The molecule has 1 aliphatic rings. The maximum Gasteiger partial charge on any atom is 0.252 e. The summed E-state index contributed by atoms with van der Waals surface area (Å²) in [6, 6.07) is 7.22. The third-order valence-electron chi connectivity index (χ3n) is 3.71. The van der Waals surface area contributed by atoms with Gasteiger partial charge in [0, 0.05) is 31.5 Å². The van der Waals surface area contributed by atoms with E-state index in [1.807, 2.05) is 26.1 Å². The summed E-state index contributed by atoms with van der Waals surface area (Å²) >= 11 is 1.23. The molecule has 1 N–H and O–H groups in total. The first-order valence-electron chi connectivity index (χ1n) is 7.32. The van der Waals surface area contributed by atoms with E-state index in [1.165, 1.54) is 15.6 Å². The first kappa shape index (κ1) is 16.4. The summed E-state index contributed by atoms with van der Waals surface area (Å²) in [7, 11) is -1.62. The van der Waals surface area contributed by atoms with E-state index in [4.69, 9.17) is 4.74 Å². The van der Waals surface area contributed by atoms with Crippen LogP contribution in [0.5, 0.6) is 0 Å². The van der Waals surface area contributed by atoms with Crippen LogP contribution in [0, 0.1) is 6.92 Å². The lowest BCUT2D eigenvalue weighted by atomic mass is 10.1. The van der Waals surface area contributed by atoms with E-state index in [-0.39, 0.29) is 12.6 Å². The van der Waals surface area contributed by atoms with Gasteiger partial charge in [-0.1, -0.05) is 6.07 Å². The van der Waals surface area contributed by atoms with E-state index in [1.54, 1.807) is 17.5 Å². The highest BCUT2D eigenvalue weighted by molar-refractivity contribution is 7.91. The number of aromatic nitrogens is 1. The van der Waals surface area contributed by atoms with Crippen LogP contribution in [-0.2, 0) is 14.8 Å². The molecule has 2 aromatic heterocycles. The minimum atomic E-state index is -3.46. The van der Waals surface area contributed by atoms with E-state index < -0.39 is 10.0 Å². The van der Waals surface area contributed by atoms with Gasteiger partial charge in [-0.3, -0.25) is 4.98 Å². The lowest BCUT2D eigenvalue weighted by molar-refractivity contribution is -0.00491. The third-order valence-corrected chi connectivity index (χ3v) is 6.95. The number of anilines is 1. The smallest absolute Gasteiger partial charge is 0.252 e. The number of ether oxygens (including phenoxy) is 1. The van der Waals surface area contributed by atoms with Crippen LogP contribution in [0.15, 0.2) is 33.9 Å². The van der Waals surface area contributed by atoms with Crippen molar-refractivity contribution in [2.24, 2.45) is 0 Å². The van der Waals surface area contributed by atoms with Crippen LogP contribution in [-0.4, -0.2) is 44.5 Å². The van der Waals surface area contributed by atoms with E-state index in [2.05, 4.69) is 10.3 Å². The Kier molecular flexibility index (Phi) is 4.67. The van der Waals surface area contributed by atoms with Gasteiger partial charge in [0.25, 0.3) is 10.0 Å². The molecule has 1 saturated heterocycles. The van der Waals surface area contributed by atoms with Crippen molar-refractivity contribution in [3.8, 4) is 0 Å². The molecular weight excluding hydrogens is 334 g/mol. The summed E-state index contributed by atoms with van der Waals surface area (Å²) < 4.78 is 32.9. The average molecular weight is 353 g/mol. The maximum atomic E-state index is 12.7. The number of aryl methyl sites for hydroxylation is 1. The van der Waals surface area contributed by atoms with E-state index in [0.717, 1.165) is 17.1 Å². The van der Waals surface area contributed by atoms with Crippen LogP contribution in [0.25, 0.3) is 0 Å². The van der Waals surface area contributed by atoms with Gasteiger partial charge in [-0.05, 0) is 30.5 Å². The second-order valence-electron chi connectivity index (χ2n) is 5.33. The molecule has 3 rings (SSSR count). The zero-order valence-corrected chi connectivity index (χ0v) is 14.7. The molecule has 0 amide bonds. The zero-order valence-electron chi connectivity index (χ0n) is 13.0. The van der Waals surface area contributed by atoms with Crippen molar-refractivity contribution in [2.75, 3.05) is 32.1 Å². The van der Waals surface area contributed by atoms with Gasteiger partial charge in [0.15, 0.2) is 0 Å². The number of rotatable bonds is 4. The zero-order chi connectivity index (χ0) is 16.4. The normalized spacial score (nSPS) is 19.7.